The Hall–Kier alpha value is -0.630. The van der Waals surface area contributed by atoms with E-state index in [1.165, 1.54) is 6.42 Å². The van der Waals surface area contributed by atoms with Gasteiger partial charge in [-0.3, -0.25) is 5.32 Å². The third kappa shape index (κ3) is 9.30. The molecule has 0 aliphatic rings. The molecule has 0 saturated carbocycles. The van der Waals surface area contributed by atoms with E-state index < -0.39 is 0 Å². The maximum atomic E-state index is 9.31. The van der Waals surface area contributed by atoms with Crippen LogP contribution in [0.25, 0.3) is 0 Å². The molecule has 0 fully saturated rings. The van der Waals surface area contributed by atoms with Crippen molar-refractivity contribution in [2.24, 2.45) is 0 Å². The molecule has 4 heteroatoms. The lowest BCUT2D eigenvalue weighted by Gasteiger charge is -2.26. The fourth-order valence-electron chi connectivity index (χ4n) is 2.28. The molecule has 0 aliphatic carbocycles. The van der Waals surface area contributed by atoms with Crippen molar-refractivity contribution in [2.75, 3.05) is 46.8 Å². The molecule has 0 saturated heterocycles. The molecule has 1 unspecified atom stereocenters. The van der Waals surface area contributed by atoms with Crippen LogP contribution >= 0.6 is 0 Å². The molecule has 0 heterocycles. The molecule has 0 spiro atoms. The standard InChI is InChI=1S/C16H34N4/c1-6-11-18-16(3,15-17)10-8-13-20(7-2)14-9-12-19(4)5/h18H,6-14H2,1-5H3. The number of nitriles is 1. The molecule has 0 aromatic heterocycles. The molecule has 0 radical (unpaired) electrons. The largest absolute Gasteiger partial charge is 0.309 e. The maximum absolute atomic E-state index is 9.31. The van der Waals surface area contributed by atoms with Gasteiger partial charge in [0.25, 0.3) is 0 Å². The summed E-state index contributed by atoms with van der Waals surface area (Å²) in [6, 6.07) is 2.43. The van der Waals surface area contributed by atoms with E-state index >= 15 is 0 Å². The highest BCUT2D eigenvalue weighted by Gasteiger charge is 2.22. The van der Waals surface area contributed by atoms with Crippen molar-refractivity contribution in [3.05, 3.63) is 0 Å². The highest BCUT2D eigenvalue weighted by Crippen LogP contribution is 2.12. The molecule has 0 aromatic carbocycles. The Morgan fingerprint density at radius 1 is 1.10 bits per heavy atom. The summed E-state index contributed by atoms with van der Waals surface area (Å²) in [7, 11) is 4.24. The van der Waals surface area contributed by atoms with Crippen LogP contribution in [0.3, 0.4) is 0 Å². The van der Waals surface area contributed by atoms with Crippen LogP contribution in [0.5, 0.6) is 0 Å². The Bertz CT molecular complexity index is 272. The van der Waals surface area contributed by atoms with Gasteiger partial charge in [0.2, 0.25) is 0 Å². The number of hydrogen-bond donors (Lipinski definition) is 1. The summed E-state index contributed by atoms with van der Waals surface area (Å²) in [5.74, 6) is 0. The molecule has 0 rings (SSSR count). The van der Waals surface area contributed by atoms with Crippen molar-refractivity contribution >= 4 is 0 Å². The van der Waals surface area contributed by atoms with Gasteiger partial charge < -0.3 is 9.80 Å². The fraction of sp³-hybridized carbons (Fsp3) is 0.938. The molecular weight excluding hydrogens is 248 g/mol. The molecule has 0 aromatic rings. The summed E-state index contributed by atoms with van der Waals surface area (Å²) < 4.78 is 0. The average Bonchev–Trinajstić information content (AvgIpc) is 2.43. The maximum Gasteiger partial charge on any atom is 0.103 e. The van der Waals surface area contributed by atoms with Crippen LogP contribution < -0.4 is 5.32 Å². The predicted molar refractivity (Wildman–Crippen MR) is 86.8 cm³/mol. The molecule has 4 nitrogen and oxygen atoms in total. The highest BCUT2D eigenvalue weighted by molar-refractivity contribution is 5.03. The van der Waals surface area contributed by atoms with E-state index in [-0.39, 0.29) is 5.54 Å². The van der Waals surface area contributed by atoms with Gasteiger partial charge in [-0.1, -0.05) is 13.8 Å². The molecule has 1 N–H and O–H groups in total. The normalized spacial score (nSPS) is 14.5. The first kappa shape index (κ1) is 19.4. The van der Waals surface area contributed by atoms with E-state index in [0.717, 1.165) is 52.0 Å². The highest BCUT2D eigenvalue weighted by atomic mass is 15.1. The fourth-order valence-corrected chi connectivity index (χ4v) is 2.28. The zero-order valence-corrected chi connectivity index (χ0v) is 14.2. The van der Waals surface area contributed by atoms with Gasteiger partial charge in [-0.15, -0.1) is 0 Å². The van der Waals surface area contributed by atoms with Gasteiger partial charge in [-0.05, 0) is 79.4 Å². The van der Waals surface area contributed by atoms with E-state index in [9.17, 15) is 5.26 Å². The lowest BCUT2D eigenvalue weighted by atomic mass is 9.97. The van der Waals surface area contributed by atoms with Crippen molar-refractivity contribution in [1.82, 2.24) is 15.1 Å². The van der Waals surface area contributed by atoms with Gasteiger partial charge in [0, 0.05) is 0 Å². The monoisotopic (exact) mass is 282 g/mol. The Morgan fingerprint density at radius 3 is 2.25 bits per heavy atom. The summed E-state index contributed by atoms with van der Waals surface area (Å²) in [6.07, 6.45) is 4.29. The second-order valence-electron chi connectivity index (χ2n) is 6.07. The number of hydrogen-bond acceptors (Lipinski definition) is 4. The van der Waals surface area contributed by atoms with Gasteiger partial charge in [0.1, 0.15) is 5.54 Å². The Morgan fingerprint density at radius 2 is 1.75 bits per heavy atom. The molecule has 0 amide bonds. The minimum atomic E-state index is -0.362. The molecule has 1 atom stereocenters. The second-order valence-corrected chi connectivity index (χ2v) is 6.07. The van der Waals surface area contributed by atoms with Gasteiger partial charge in [-0.25, -0.2) is 0 Å². The first-order valence-corrected chi connectivity index (χ1v) is 8.00. The molecule has 0 bridgehead atoms. The van der Waals surface area contributed by atoms with Crippen molar-refractivity contribution in [3.8, 4) is 6.07 Å². The summed E-state index contributed by atoms with van der Waals surface area (Å²) in [4.78, 5) is 4.72. The van der Waals surface area contributed by atoms with Crippen molar-refractivity contribution in [2.45, 2.75) is 52.0 Å². The molecule has 20 heavy (non-hydrogen) atoms. The summed E-state index contributed by atoms with van der Waals surface area (Å²) in [5, 5.41) is 12.7. The Labute approximate surface area is 126 Å². The Balaban J connectivity index is 3.95. The number of nitrogens with one attached hydrogen (secondary N) is 1. The smallest absolute Gasteiger partial charge is 0.103 e. The lowest BCUT2D eigenvalue weighted by Crippen LogP contribution is -2.42. The van der Waals surface area contributed by atoms with Crippen LogP contribution in [0.15, 0.2) is 0 Å². The number of rotatable bonds is 12. The van der Waals surface area contributed by atoms with E-state index in [1.807, 2.05) is 6.92 Å². The summed E-state index contributed by atoms with van der Waals surface area (Å²) >= 11 is 0. The van der Waals surface area contributed by atoms with Gasteiger partial charge in [0.15, 0.2) is 0 Å². The molecular formula is C16H34N4. The van der Waals surface area contributed by atoms with Crippen molar-refractivity contribution in [1.29, 1.82) is 5.26 Å². The molecule has 118 valence electrons. The topological polar surface area (TPSA) is 42.3 Å². The number of nitrogens with zero attached hydrogens (tertiary/aromatic N) is 3. The van der Waals surface area contributed by atoms with Crippen LogP contribution in [0, 0.1) is 11.3 Å². The minimum Gasteiger partial charge on any atom is -0.309 e. The van der Waals surface area contributed by atoms with Crippen LogP contribution in [0.1, 0.15) is 46.5 Å². The minimum absolute atomic E-state index is 0.362. The van der Waals surface area contributed by atoms with E-state index in [4.69, 9.17) is 0 Å². The van der Waals surface area contributed by atoms with Crippen LogP contribution in [-0.4, -0.2) is 62.2 Å². The molecule has 0 aliphatic heterocycles. The summed E-state index contributed by atoms with van der Waals surface area (Å²) in [5.41, 5.74) is -0.362. The van der Waals surface area contributed by atoms with E-state index in [1.54, 1.807) is 0 Å². The predicted octanol–water partition coefficient (Wildman–Crippen LogP) is 2.32. The van der Waals surface area contributed by atoms with Gasteiger partial charge in [0.05, 0.1) is 6.07 Å². The summed E-state index contributed by atoms with van der Waals surface area (Å²) in [6.45, 7) is 11.8. The van der Waals surface area contributed by atoms with Gasteiger partial charge in [-0.2, -0.15) is 5.26 Å². The van der Waals surface area contributed by atoms with Crippen LogP contribution in [-0.2, 0) is 0 Å². The first-order chi connectivity index (χ1) is 9.47. The van der Waals surface area contributed by atoms with Crippen molar-refractivity contribution in [3.63, 3.8) is 0 Å². The Kier molecular flexibility index (Phi) is 10.7. The lowest BCUT2D eigenvalue weighted by molar-refractivity contribution is 0.252. The van der Waals surface area contributed by atoms with Gasteiger partial charge >= 0.3 is 0 Å². The third-order valence-corrected chi connectivity index (χ3v) is 3.69. The quantitative estimate of drug-likeness (QED) is 0.596. The average molecular weight is 282 g/mol. The zero-order valence-electron chi connectivity index (χ0n) is 14.2. The zero-order chi connectivity index (χ0) is 15.4. The van der Waals surface area contributed by atoms with Crippen LogP contribution in [0.2, 0.25) is 0 Å². The van der Waals surface area contributed by atoms with E-state index in [2.05, 4.69) is 49.1 Å². The third-order valence-electron chi connectivity index (χ3n) is 3.69. The SMILES string of the molecule is CCCNC(C)(C#N)CCCN(CC)CCCN(C)C. The first-order valence-electron chi connectivity index (χ1n) is 8.00. The van der Waals surface area contributed by atoms with Crippen LogP contribution in [0.4, 0.5) is 0 Å². The van der Waals surface area contributed by atoms with Crippen molar-refractivity contribution < 1.29 is 0 Å². The second kappa shape index (κ2) is 11.1. The van der Waals surface area contributed by atoms with E-state index in [0.29, 0.717) is 0 Å².